The molecule has 2 aromatic rings. The summed E-state index contributed by atoms with van der Waals surface area (Å²) in [6.07, 6.45) is 2.83. The van der Waals surface area contributed by atoms with Gasteiger partial charge in [-0.3, -0.25) is 24.7 Å². The molecule has 0 radical (unpaired) electrons. The number of halogens is 1. The third-order valence-corrected chi connectivity index (χ3v) is 5.91. The number of hydrogen-bond donors (Lipinski definition) is 2. The summed E-state index contributed by atoms with van der Waals surface area (Å²) < 4.78 is 0. The van der Waals surface area contributed by atoms with Crippen molar-refractivity contribution < 1.29 is 14.4 Å². The molecule has 9 heteroatoms. The van der Waals surface area contributed by atoms with Crippen LogP contribution in [0.5, 0.6) is 0 Å². The number of amides is 3. The van der Waals surface area contributed by atoms with Crippen molar-refractivity contribution in [1.29, 1.82) is 0 Å². The molecule has 0 bridgehead atoms. The summed E-state index contributed by atoms with van der Waals surface area (Å²) in [5.74, 6) is -0.933. The fourth-order valence-corrected chi connectivity index (χ4v) is 3.96. The maximum absolute atomic E-state index is 13.3. The van der Waals surface area contributed by atoms with Crippen LogP contribution in [-0.2, 0) is 20.9 Å². The van der Waals surface area contributed by atoms with Gasteiger partial charge in [0.1, 0.15) is 6.04 Å². The fourth-order valence-electron chi connectivity index (χ4n) is 3.51. The fraction of sp³-hybridized carbons (Fsp3) is 0.333. The van der Waals surface area contributed by atoms with Crippen LogP contribution in [0.1, 0.15) is 44.6 Å². The van der Waals surface area contributed by atoms with Crippen molar-refractivity contribution in [3.63, 3.8) is 0 Å². The van der Waals surface area contributed by atoms with Gasteiger partial charge in [0, 0.05) is 17.1 Å². The quantitative estimate of drug-likeness (QED) is 0.387. The first kappa shape index (κ1) is 24.7. The van der Waals surface area contributed by atoms with Gasteiger partial charge in [-0.05, 0) is 48.5 Å². The Kier molecular flexibility index (Phi) is 8.79. The summed E-state index contributed by atoms with van der Waals surface area (Å²) in [4.78, 5) is 39.9. The molecule has 7 nitrogen and oxygen atoms in total. The van der Waals surface area contributed by atoms with Crippen molar-refractivity contribution >= 4 is 52.3 Å². The van der Waals surface area contributed by atoms with E-state index >= 15 is 0 Å². The SMILES string of the molecule is CCCCCC(=O)NN1C(=S)N(Cc2ccccc2)C(=O)C1CC(=O)Nc1ccc(Cl)cc1. The van der Waals surface area contributed by atoms with Gasteiger partial charge in [0.05, 0.1) is 13.0 Å². The molecule has 33 heavy (non-hydrogen) atoms. The molecular weight excluding hydrogens is 460 g/mol. The van der Waals surface area contributed by atoms with E-state index in [0.29, 0.717) is 17.1 Å². The molecule has 0 saturated carbocycles. The Bertz CT molecular complexity index is 1000. The molecule has 0 aromatic heterocycles. The Morgan fingerprint density at radius 3 is 2.39 bits per heavy atom. The van der Waals surface area contributed by atoms with Crippen LogP contribution in [0.4, 0.5) is 5.69 Å². The van der Waals surface area contributed by atoms with Crippen molar-refractivity contribution in [2.75, 3.05) is 5.32 Å². The average molecular weight is 487 g/mol. The molecule has 0 aliphatic carbocycles. The van der Waals surface area contributed by atoms with E-state index in [0.717, 1.165) is 24.8 Å². The minimum absolute atomic E-state index is 0.165. The van der Waals surface area contributed by atoms with Crippen LogP contribution in [0.15, 0.2) is 54.6 Å². The lowest BCUT2D eigenvalue weighted by Crippen LogP contribution is -2.49. The summed E-state index contributed by atoms with van der Waals surface area (Å²) in [6, 6.07) is 15.2. The Morgan fingerprint density at radius 1 is 1.03 bits per heavy atom. The molecule has 1 fully saturated rings. The van der Waals surface area contributed by atoms with E-state index < -0.39 is 6.04 Å². The number of anilines is 1. The lowest BCUT2D eigenvalue weighted by atomic mass is 10.1. The molecule has 3 amide bonds. The van der Waals surface area contributed by atoms with Crippen molar-refractivity contribution in [2.24, 2.45) is 0 Å². The Balaban J connectivity index is 1.74. The van der Waals surface area contributed by atoms with E-state index in [2.05, 4.69) is 17.7 Å². The van der Waals surface area contributed by atoms with E-state index in [9.17, 15) is 14.4 Å². The Hall–Kier alpha value is -2.97. The molecular formula is C24H27ClN4O3S. The number of thiocarbonyl (C=S) groups is 1. The molecule has 0 spiro atoms. The highest BCUT2D eigenvalue weighted by Crippen LogP contribution is 2.23. The Labute approximate surface area is 204 Å². The van der Waals surface area contributed by atoms with Gasteiger partial charge in [0.2, 0.25) is 11.8 Å². The van der Waals surface area contributed by atoms with Crippen LogP contribution in [0, 0.1) is 0 Å². The highest BCUT2D eigenvalue weighted by atomic mass is 35.5. The maximum Gasteiger partial charge on any atom is 0.254 e. The number of carbonyl (C=O) groups excluding carboxylic acids is 3. The number of carbonyl (C=O) groups is 3. The number of hydrogen-bond acceptors (Lipinski definition) is 4. The molecule has 1 aliphatic rings. The third-order valence-electron chi connectivity index (χ3n) is 5.24. The van der Waals surface area contributed by atoms with Gasteiger partial charge in [-0.2, -0.15) is 0 Å². The zero-order valence-electron chi connectivity index (χ0n) is 18.4. The number of hydrazine groups is 1. The lowest BCUT2D eigenvalue weighted by molar-refractivity contribution is -0.133. The van der Waals surface area contributed by atoms with Crippen LogP contribution in [0.2, 0.25) is 5.02 Å². The largest absolute Gasteiger partial charge is 0.326 e. The minimum atomic E-state index is -0.927. The first-order valence-corrected chi connectivity index (χ1v) is 11.7. The molecule has 1 aliphatic heterocycles. The van der Waals surface area contributed by atoms with Gasteiger partial charge >= 0.3 is 0 Å². The molecule has 1 unspecified atom stereocenters. The first-order chi connectivity index (χ1) is 15.9. The van der Waals surface area contributed by atoms with Crippen LogP contribution >= 0.6 is 23.8 Å². The summed E-state index contributed by atoms with van der Waals surface area (Å²) in [5, 5.41) is 4.85. The number of nitrogens with zero attached hydrogens (tertiary/aromatic N) is 2. The van der Waals surface area contributed by atoms with E-state index in [1.807, 2.05) is 30.3 Å². The van der Waals surface area contributed by atoms with Gasteiger partial charge < -0.3 is 5.32 Å². The summed E-state index contributed by atoms with van der Waals surface area (Å²) in [6.45, 7) is 2.32. The van der Waals surface area contributed by atoms with E-state index in [1.165, 1.54) is 9.91 Å². The normalized spacial score (nSPS) is 15.6. The lowest BCUT2D eigenvalue weighted by Gasteiger charge is -2.24. The summed E-state index contributed by atoms with van der Waals surface area (Å²) >= 11 is 11.4. The predicted octanol–water partition coefficient (Wildman–Crippen LogP) is 4.28. The molecule has 2 aromatic carbocycles. The van der Waals surface area contributed by atoms with E-state index in [4.69, 9.17) is 23.8 Å². The minimum Gasteiger partial charge on any atom is -0.326 e. The van der Waals surface area contributed by atoms with Crippen molar-refractivity contribution in [1.82, 2.24) is 15.3 Å². The van der Waals surface area contributed by atoms with Crippen LogP contribution in [-0.4, -0.2) is 38.8 Å². The van der Waals surface area contributed by atoms with E-state index in [1.54, 1.807) is 24.3 Å². The van der Waals surface area contributed by atoms with Crippen molar-refractivity contribution in [3.8, 4) is 0 Å². The zero-order valence-corrected chi connectivity index (χ0v) is 20.0. The molecule has 3 rings (SSSR count). The molecule has 1 saturated heterocycles. The van der Waals surface area contributed by atoms with Gasteiger partial charge in [-0.1, -0.05) is 61.7 Å². The number of nitrogens with one attached hydrogen (secondary N) is 2. The standard InChI is InChI=1S/C24H27ClN4O3S/c1-2-3-5-10-21(30)27-29-20(15-22(31)26-19-13-11-18(25)12-14-19)23(32)28(24(29)33)16-17-8-6-4-7-9-17/h4,6-9,11-14,20H,2-3,5,10,15-16H2,1H3,(H,26,31)(H,27,30). The average Bonchev–Trinajstić information content (AvgIpc) is 3.00. The highest BCUT2D eigenvalue weighted by molar-refractivity contribution is 7.80. The maximum atomic E-state index is 13.3. The van der Waals surface area contributed by atoms with Crippen LogP contribution in [0.3, 0.4) is 0 Å². The predicted molar refractivity (Wildman–Crippen MR) is 132 cm³/mol. The second kappa shape index (κ2) is 11.8. The van der Waals surface area contributed by atoms with Crippen molar-refractivity contribution in [2.45, 2.75) is 51.6 Å². The summed E-state index contributed by atoms with van der Waals surface area (Å²) in [5.41, 5.74) is 4.21. The zero-order chi connectivity index (χ0) is 23.8. The van der Waals surface area contributed by atoms with Gasteiger partial charge in [0.15, 0.2) is 5.11 Å². The number of rotatable bonds is 10. The Morgan fingerprint density at radius 2 is 1.73 bits per heavy atom. The smallest absolute Gasteiger partial charge is 0.254 e. The monoisotopic (exact) mass is 486 g/mol. The summed E-state index contributed by atoms with van der Waals surface area (Å²) in [7, 11) is 0. The topological polar surface area (TPSA) is 81.8 Å². The van der Waals surface area contributed by atoms with Crippen LogP contribution in [0.25, 0.3) is 0 Å². The highest BCUT2D eigenvalue weighted by Gasteiger charge is 2.44. The second-order valence-electron chi connectivity index (χ2n) is 7.83. The van der Waals surface area contributed by atoms with Crippen molar-refractivity contribution in [3.05, 3.63) is 65.2 Å². The first-order valence-electron chi connectivity index (χ1n) is 10.9. The number of benzene rings is 2. The van der Waals surface area contributed by atoms with Gasteiger partial charge in [-0.15, -0.1) is 0 Å². The molecule has 2 N–H and O–H groups in total. The van der Waals surface area contributed by atoms with Gasteiger partial charge in [0.25, 0.3) is 5.91 Å². The molecule has 1 atom stereocenters. The molecule has 174 valence electrons. The third kappa shape index (κ3) is 6.76. The molecule has 1 heterocycles. The van der Waals surface area contributed by atoms with E-state index in [-0.39, 0.29) is 35.8 Å². The van der Waals surface area contributed by atoms with Gasteiger partial charge in [-0.25, -0.2) is 5.01 Å². The van der Waals surface area contributed by atoms with Crippen LogP contribution < -0.4 is 10.7 Å². The number of unbranched alkanes of at least 4 members (excludes halogenated alkanes) is 2. The second-order valence-corrected chi connectivity index (χ2v) is 8.63.